The number of hydrogen-bond acceptors (Lipinski definition) is 2. The molecule has 102 valence electrons. The second-order valence-electron chi connectivity index (χ2n) is 5.16. The fourth-order valence-electron chi connectivity index (χ4n) is 2.76. The fraction of sp³-hybridized carbons (Fsp3) is 0.235. The van der Waals surface area contributed by atoms with E-state index in [4.69, 9.17) is 0 Å². The lowest BCUT2D eigenvalue weighted by molar-refractivity contribution is 0.0933. The number of aryl methyl sites for hydroxylation is 1. The van der Waals surface area contributed by atoms with Crippen LogP contribution in [0, 0.1) is 0 Å². The van der Waals surface area contributed by atoms with Crippen molar-refractivity contribution in [2.45, 2.75) is 25.3 Å². The van der Waals surface area contributed by atoms with E-state index in [1.807, 2.05) is 12.1 Å². The average molecular weight is 267 g/mol. The van der Waals surface area contributed by atoms with Gasteiger partial charge in [-0.05, 0) is 54.7 Å². The first kappa shape index (κ1) is 12.7. The molecule has 0 saturated carbocycles. The molecule has 0 aromatic heterocycles. The van der Waals surface area contributed by atoms with E-state index in [1.54, 1.807) is 12.1 Å². The molecule has 0 aliphatic heterocycles. The van der Waals surface area contributed by atoms with Crippen LogP contribution in [0.5, 0.6) is 5.75 Å². The van der Waals surface area contributed by atoms with Gasteiger partial charge in [-0.3, -0.25) is 4.79 Å². The summed E-state index contributed by atoms with van der Waals surface area (Å²) < 4.78 is 0. The second kappa shape index (κ2) is 5.37. The number of rotatable bonds is 2. The van der Waals surface area contributed by atoms with Crippen molar-refractivity contribution in [3.05, 3.63) is 65.2 Å². The normalized spacial score (nSPS) is 17.3. The van der Waals surface area contributed by atoms with Crippen LogP contribution in [0.25, 0.3) is 0 Å². The van der Waals surface area contributed by atoms with Crippen molar-refractivity contribution in [2.75, 3.05) is 0 Å². The molecule has 3 heteroatoms. The van der Waals surface area contributed by atoms with Crippen molar-refractivity contribution >= 4 is 5.91 Å². The molecular formula is C17H17NO2. The van der Waals surface area contributed by atoms with E-state index in [0.29, 0.717) is 5.56 Å². The lowest BCUT2D eigenvalue weighted by atomic mass is 9.87. The van der Waals surface area contributed by atoms with Crippen LogP contribution in [0.1, 0.15) is 40.4 Å². The molecule has 20 heavy (non-hydrogen) atoms. The highest BCUT2D eigenvalue weighted by Gasteiger charge is 2.21. The Hall–Kier alpha value is -2.29. The number of hydrogen-bond donors (Lipinski definition) is 2. The Kier molecular flexibility index (Phi) is 3.42. The molecule has 1 aliphatic rings. The van der Waals surface area contributed by atoms with E-state index < -0.39 is 0 Å². The third-order valence-corrected chi connectivity index (χ3v) is 3.80. The molecule has 2 N–H and O–H groups in total. The summed E-state index contributed by atoms with van der Waals surface area (Å²) in [5, 5.41) is 12.3. The van der Waals surface area contributed by atoms with Crippen LogP contribution in [-0.4, -0.2) is 11.0 Å². The van der Waals surface area contributed by atoms with Crippen LogP contribution in [0.2, 0.25) is 0 Å². The van der Waals surface area contributed by atoms with Gasteiger partial charge in [0.2, 0.25) is 0 Å². The summed E-state index contributed by atoms with van der Waals surface area (Å²) in [6.45, 7) is 0. The lowest BCUT2D eigenvalue weighted by Crippen LogP contribution is -2.30. The van der Waals surface area contributed by atoms with Crippen LogP contribution >= 0.6 is 0 Å². The number of aromatic hydroxyl groups is 1. The number of phenols is 1. The molecule has 1 amide bonds. The third kappa shape index (κ3) is 2.52. The Morgan fingerprint density at radius 1 is 1.10 bits per heavy atom. The first-order chi connectivity index (χ1) is 9.74. The van der Waals surface area contributed by atoms with Crippen molar-refractivity contribution in [3.63, 3.8) is 0 Å². The Balaban J connectivity index is 1.79. The molecule has 0 radical (unpaired) electrons. The number of nitrogens with one attached hydrogen (secondary N) is 1. The number of phenolic OH excluding ortho intramolecular Hbond substituents is 1. The van der Waals surface area contributed by atoms with Gasteiger partial charge in [-0.1, -0.05) is 24.3 Å². The van der Waals surface area contributed by atoms with E-state index in [1.165, 1.54) is 23.3 Å². The number of amides is 1. The zero-order chi connectivity index (χ0) is 13.9. The molecule has 3 rings (SSSR count). The van der Waals surface area contributed by atoms with E-state index in [-0.39, 0.29) is 17.7 Å². The summed E-state index contributed by atoms with van der Waals surface area (Å²) in [5.74, 6) is 0.0799. The highest BCUT2D eigenvalue weighted by molar-refractivity contribution is 5.94. The van der Waals surface area contributed by atoms with Gasteiger partial charge >= 0.3 is 0 Å². The standard InChI is InChI=1S/C17H17NO2/c19-14-10-8-13(9-11-14)17(20)18-16-7-3-5-12-4-1-2-6-15(12)16/h1-2,4,6,8-11,16,19H,3,5,7H2,(H,18,20). The molecular weight excluding hydrogens is 250 g/mol. The lowest BCUT2D eigenvalue weighted by Gasteiger charge is -2.26. The highest BCUT2D eigenvalue weighted by atomic mass is 16.3. The quantitative estimate of drug-likeness (QED) is 0.877. The van der Waals surface area contributed by atoms with Crippen molar-refractivity contribution in [3.8, 4) is 5.75 Å². The Labute approximate surface area is 118 Å². The average Bonchev–Trinajstić information content (AvgIpc) is 2.48. The van der Waals surface area contributed by atoms with Crippen LogP contribution in [0.3, 0.4) is 0 Å². The van der Waals surface area contributed by atoms with Crippen LogP contribution in [0.15, 0.2) is 48.5 Å². The fourth-order valence-corrected chi connectivity index (χ4v) is 2.76. The molecule has 0 heterocycles. The number of fused-ring (bicyclic) bond motifs is 1. The summed E-state index contributed by atoms with van der Waals surface area (Å²) in [6.07, 6.45) is 3.15. The molecule has 0 saturated heterocycles. The van der Waals surface area contributed by atoms with Crippen molar-refractivity contribution in [1.29, 1.82) is 0 Å². The highest BCUT2D eigenvalue weighted by Crippen LogP contribution is 2.29. The maximum atomic E-state index is 12.2. The second-order valence-corrected chi connectivity index (χ2v) is 5.16. The molecule has 3 nitrogen and oxygen atoms in total. The van der Waals surface area contributed by atoms with Gasteiger partial charge in [-0.15, -0.1) is 0 Å². The molecule has 2 aromatic carbocycles. The smallest absolute Gasteiger partial charge is 0.251 e. The number of carbonyl (C=O) groups excluding carboxylic acids is 1. The molecule has 0 fully saturated rings. The zero-order valence-electron chi connectivity index (χ0n) is 11.2. The molecule has 2 aromatic rings. The minimum Gasteiger partial charge on any atom is -0.508 e. The minimum absolute atomic E-state index is 0.0845. The molecule has 1 atom stereocenters. The van der Waals surface area contributed by atoms with Gasteiger partial charge in [0.1, 0.15) is 5.75 Å². The topological polar surface area (TPSA) is 49.3 Å². The van der Waals surface area contributed by atoms with E-state index in [2.05, 4.69) is 17.4 Å². The third-order valence-electron chi connectivity index (χ3n) is 3.80. The van der Waals surface area contributed by atoms with Gasteiger partial charge in [0.15, 0.2) is 0 Å². The first-order valence-electron chi connectivity index (χ1n) is 6.92. The SMILES string of the molecule is O=C(NC1CCCc2ccccc21)c1ccc(O)cc1. The van der Waals surface area contributed by atoms with E-state index in [9.17, 15) is 9.90 Å². The van der Waals surface area contributed by atoms with E-state index in [0.717, 1.165) is 19.3 Å². The maximum Gasteiger partial charge on any atom is 0.251 e. The van der Waals surface area contributed by atoms with Crippen molar-refractivity contribution in [1.82, 2.24) is 5.32 Å². The minimum atomic E-state index is -0.0910. The number of carbonyl (C=O) groups is 1. The maximum absolute atomic E-state index is 12.2. The van der Waals surface area contributed by atoms with Crippen LogP contribution < -0.4 is 5.32 Å². The predicted octanol–water partition coefficient (Wildman–Crippen LogP) is 3.20. The first-order valence-corrected chi connectivity index (χ1v) is 6.92. The molecule has 1 aliphatic carbocycles. The Morgan fingerprint density at radius 2 is 1.85 bits per heavy atom. The van der Waals surface area contributed by atoms with Crippen LogP contribution in [-0.2, 0) is 6.42 Å². The summed E-state index contributed by atoms with van der Waals surface area (Å²) in [5.41, 5.74) is 3.13. The van der Waals surface area contributed by atoms with Gasteiger partial charge in [-0.25, -0.2) is 0 Å². The van der Waals surface area contributed by atoms with Gasteiger partial charge in [-0.2, -0.15) is 0 Å². The summed E-state index contributed by atoms with van der Waals surface area (Å²) in [6, 6.07) is 14.7. The number of benzene rings is 2. The van der Waals surface area contributed by atoms with E-state index >= 15 is 0 Å². The largest absolute Gasteiger partial charge is 0.508 e. The molecule has 0 bridgehead atoms. The van der Waals surface area contributed by atoms with Gasteiger partial charge in [0.25, 0.3) is 5.91 Å². The van der Waals surface area contributed by atoms with Crippen molar-refractivity contribution in [2.24, 2.45) is 0 Å². The summed E-state index contributed by atoms with van der Waals surface area (Å²) >= 11 is 0. The Morgan fingerprint density at radius 3 is 2.65 bits per heavy atom. The Bertz CT molecular complexity index is 619. The zero-order valence-corrected chi connectivity index (χ0v) is 11.2. The van der Waals surface area contributed by atoms with Gasteiger partial charge in [0.05, 0.1) is 6.04 Å². The van der Waals surface area contributed by atoms with Gasteiger partial charge in [0, 0.05) is 5.56 Å². The van der Waals surface area contributed by atoms with Crippen molar-refractivity contribution < 1.29 is 9.90 Å². The summed E-state index contributed by atoms with van der Waals surface area (Å²) in [4.78, 5) is 12.2. The monoisotopic (exact) mass is 267 g/mol. The van der Waals surface area contributed by atoms with Gasteiger partial charge < -0.3 is 10.4 Å². The molecule has 0 spiro atoms. The van der Waals surface area contributed by atoms with Crippen LogP contribution in [0.4, 0.5) is 0 Å². The molecule has 1 unspecified atom stereocenters. The summed E-state index contributed by atoms with van der Waals surface area (Å²) in [7, 11) is 0. The predicted molar refractivity (Wildman–Crippen MR) is 77.7 cm³/mol.